The molecule has 2 rings (SSSR count). The highest BCUT2D eigenvalue weighted by Gasteiger charge is 2.35. The molecule has 2 bridgehead atoms. The lowest BCUT2D eigenvalue weighted by atomic mass is 10.1. The van der Waals surface area contributed by atoms with E-state index in [0.717, 1.165) is 25.9 Å². The highest BCUT2D eigenvalue weighted by molar-refractivity contribution is 5.98. The van der Waals surface area contributed by atoms with Crippen LogP contribution in [-0.4, -0.2) is 59.0 Å². The molecule has 2 saturated heterocycles. The van der Waals surface area contributed by atoms with Gasteiger partial charge in [-0.25, -0.2) is 0 Å². The summed E-state index contributed by atoms with van der Waals surface area (Å²) in [6, 6.07) is 1.08. The Bertz CT molecular complexity index is 331. The predicted octanol–water partition coefficient (Wildman–Crippen LogP) is -0.182. The summed E-state index contributed by atoms with van der Waals surface area (Å²) in [4.78, 5) is 16.2. The van der Waals surface area contributed by atoms with Crippen LogP contribution in [0, 0.1) is 0 Å². The fourth-order valence-electron chi connectivity index (χ4n) is 2.84. The van der Waals surface area contributed by atoms with E-state index in [0.29, 0.717) is 12.1 Å². The Morgan fingerprint density at radius 3 is 2.82 bits per heavy atom. The minimum absolute atomic E-state index is 0.0115. The van der Waals surface area contributed by atoms with E-state index in [4.69, 9.17) is 10.9 Å². The van der Waals surface area contributed by atoms with Crippen molar-refractivity contribution in [3.05, 3.63) is 0 Å². The van der Waals surface area contributed by atoms with Gasteiger partial charge in [0.2, 0.25) is 5.91 Å². The van der Waals surface area contributed by atoms with E-state index in [1.54, 1.807) is 0 Å². The van der Waals surface area contributed by atoms with Gasteiger partial charge in [-0.3, -0.25) is 9.69 Å². The number of amides is 1. The molecule has 17 heavy (non-hydrogen) atoms. The Balaban J connectivity index is 1.97. The predicted molar refractivity (Wildman–Crippen MR) is 63.8 cm³/mol. The molecule has 6 nitrogen and oxygen atoms in total. The van der Waals surface area contributed by atoms with E-state index in [1.807, 2.05) is 4.90 Å². The smallest absolute Gasteiger partial charge is 0.230 e. The molecule has 96 valence electrons. The lowest BCUT2D eigenvalue weighted by molar-refractivity contribution is -0.130. The summed E-state index contributed by atoms with van der Waals surface area (Å²) < 4.78 is 0. The van der Waals surface area contributed by atoms with Crippen molar-refractivity contribution in [2.45, 2.75) is 37.8 Å². The second kappa shape index (κ2) is 4.91. The summed E-state index contributed by atoms with van der Waals surface area (Å²) in [5.74, 6) is -0.0565. The number of likely N-dealkylation sites (tertiary alicyclic amines) is 1. The molecule has 2 aliphatic rings. The molecule has 6 heteroatoms. The number of hydrogen-bond donors (Lipinski definition) is 2. The molecule has 0 saturated carbocycles. The van der Waals surface area contributed by atoms with Gasteiger partial charge in [0, 0.05) is 25.2 Å². The Hall–Kier alpha value is -1.30. The van der Waals surface area contributed by atoms with Gasteiger partial charge < -0.3 is 15.8 Å². The van der Waals surface area contributed by atoms with Crippen LogP contribution >= 0.6 is 0 Å². The zero-order chi connectivity index (χ0) is 12.4. The van der Waals surface area contributed by atoms with Crippen LogP contribution in [0.3, 0.4) is 0 Å². The first-order valence-electron chi connectivity index (χ1n) is 6.08. The number of carbonyl (C=O) groups is 1. The number of rotatable bonds is 2. The van der Waals surface area contributed by atoms with Crippen LogP contribution in [0.4, 0.5) is 0 Å². The minimum atomic E-state index is -0.0405. The summed E-state index contributed by atoms with van der Waals surface area (Å²) in [7, 11) is 2.14. The average Bonchev–Trinajstić information content (AvgIpc) is 2.52. The van der Waals surface area contributed by atoms with E-state index in [1.165, 1.54) is 6.42 Å². The van der Waals surface area contributed by atoms with Crippen LogP contribution in [0.15, 0.2) is 5.16 Å². The summed E-state index contributed by atoms with van der Waals surface area (Å²) >= 11 is 0. The third-order valence-corrected chi connectivity index (χ3v) is 3.96. The topological polar surface area (TPSA) is 82.2 Å². The molecule has 1 amide bonds. The van der Waals surface area contributed by atoms with E-state index in [-0.39, 0.29) is 18.2 Å². The summed E-state index contributed by atoms with van der Waals surface area (Å²) in [6.07, 6.45) is 3.43. The SMILES string of the molecule is CN1C2CCC1CN(C(=O)CC(N)=NO)CC2. The third kappa shape index (κ3) is 2.52. The van der Waals surface area contributed by atoms with Crippen molar-refractivity contribution in [2.24, 2.45) is 10.9 Å². The molecule has 2 aliphatic heterocycles. The summed E-state index contributed by atoms with van der Waals surface area (Å²) in [5.41, 5.74) is 5.36. The van der Waals surface area contributed by atoms with Crippen LogP contribution in [0.1, 0.15) is 25.7 Å². The second-order valence-corrected chi connectivity index (χ2v) is 4.95. The zero-order valence-electron chi connectivity index (χ0n) is 10.2. The Morgan fingerprint density at radius 2 is 2.12 bits per heavy atom. The first kappa shape index (κ1) is 12.2. The Kier molecular flexibility index (Phi) is 3.51. The molecule has 0 radical (unpaired) electrons. The van der Waals surface area contributed by atoms with E-state index >= 15 is 0 Å². The van der Waals surface area contributed by atoms with Crippen LogP contribution in [-0.2, 0) is 4.79 Å². The highest BCUT2D eigenvalue weighted by atomic mass is 16.4. The maximum Gasteiger partial charge on any atom is 0.230 e. The van der Waals surface area contributed by atoms with E-state index in [2.05, 4.69) is 17.1 Å². The van der Waals surface area contributed by atoms with Gasteiger partial charge in [-0.1, -0.05) is 5.16 Å². The number of likely N-dealkylation sites (N-methyl/N-ethyl adjacent to an activating group) is 1. The van der Waals surface area contributed by atoms with Crippen LogP contribution in [0.2, 0.25) is 0 Å². The van der Waals surface area contributed by atoms with Gasteiger partial charge in [0.15, 0.2) is 0 Å². The number of oxime groups is 1. The van der Waals surface area contributed by atoms with Crippen LogP contribution < -0.4 is 5.73 Å². The normalized spacial score (nSPS) is 30.4. The quantitative estimate of drug-likeness (QED) is 0.303. The monoisotopic (exact) mass is 240 g/mol. The van der Waals surface area contributed by atoms with Gasteiger partial charge in [-0.05, 0) is 26.3 Å². The van der Waals surface area contributed by atoms with Crippen molar-refractivity contribution in [1.82, 2.24) is 9.80 Å². The molecule has 0 spiro atoms. The van der Waals surface area contributed by atoms with E-state index < -0.39 is 0 Å². The van der Waals surface area contributed by atoms with Gasteiger partial charge in [0.25, 0.3) is 0 Å². The maximum atomic E-state index is 11.9. The minimum Gasteiger partial charge on any atom is -0.409 e. The van der Waals surface area contributed by atoms with Crippen LogP contribution in [0.5, 0.6) is 0 Å². The average molecular weight is 240 g/mol. The fourth-order valence-corrected chi connectivity index (χ4v) is 2.84. The van der Waals surface area contributed by atoms with Gasteiger partial charge in [-0.15, -0.1) is 0 Å². The number of nitrogens with two attached hydrogens (primary N) is 1. The molecule has 2 unspecified atom stereocenters. The van der Waals surface area contributed by atoms with Crippen molar-refractivity contribution in [2.75, 3.05) is 20.1 Å². The van der Waals surface area contributed by atoms with Crippen molar-refractivity contribution in [3.8, 4) is 0 Å². The number of hydrogen-bond acceptors (Lipinski definition) is 4. The van der Waals surface area contributed by atoms with Crippen LogP contribution in [0.25, 0.3) is 0 Å². The standard InChI is InChI=1S/C11H20N4O2/c1-14-8-2-3-9(14)7-15(5-4-8)11(16)6-10(12)13-17/h8-9,17H,2-7H2,1H3,(H2,12,13). The number of fused-ring (bicyclic) bond motifs is 2. The second-order valence-electron chi connectivity index (χ2n) is 4.95. The van der Waals surface area contributed by atoms with Gasteiger partial charge >= 0.3 is 0 Å². The van der Waals surface area contributed by atoms with Crippen molar-refractivity contribution < 1.29 is 10.0 Å². The van der Waals surface area contributed by atoms with Crippen molar-refractivity contribution in [1.29, 1.82) is 0 Å². The summed E-state index contributed by atoms with van der Waals surface area (Å²) in [5, 5.41) is 11.3. The first-order valence-corrected chi connectivity index (χ1v) is 6.08. The number of amidine groups is 1. The molecular formula is C11H20N4O2. The zero-order valence-corrected chi connectivity index (χ0v) is 10.2. The molecule has 0 aromatic heterocycles. The number of carbonyl (C=O) groups excluding carboxylic acids is 1. The lowest BCUT2D eigenvalue weighted by Gasteiger charge is -2.25. The van der Waals surface area contributed by atoms with Crippen molar-refractivity contribution in [3.63, 3.8) is 0 Å². The van der Waals surface area contributed by atoms with Gasteiger partial charge in [0.05, 0.1) is 6.42 Å². The first-order chi connectivity index (χ1) is 8.11. The van der Waals surface area contributed by atoms with Gasteiger partial charge in [-0.2, -0.15) is 0 Å². The Labute approximate surface area is 101 Å². The molecule has 2 atom stereocenters. The molecular weight excluding hydrogens is 220 g/mol. The molecule has 0 aromatic rings. The molecule has 2 heterocycles. The Morgan fingerprint density at radius 1 is 1.41 bits per heavy atom. The fraction of sp³-hybridized carbons (Fsp3) is 0.818. The third-order valence-electron chi connectivity index (χ3n) is 3.96. The molecule has 2 fully saturated rings. The summed E-state index contributed by atoms with van der Waals surface area (Å²) in [6.45, 7) is 1.55. The van der Waals surface area contributed by atoms with Gasteiger partial charge in [0.1, 0.15) is 5.84 Å². The van der Waals surface area contributed by atoms with E-state index in [9.17, 15) is 4.79 Å². The number of nitrogens with zero attached hydrogens (tertiary/aromatic N) is 3. The largest absolute Gasteiger partial charge is 0.409 e. The molecule has 0 aromatic carbocycles. The molecule has 3 N–H and O–H groups in total. The maximum absolute atomic E-state index is 11.9. The lowest BCUT2D eigenvalue weighted by Crippen LogP contribution is -2.41. The molecule has 0 aliphatic carbocycles. The highest BCUT2D eigenvalue weighted by Crippen LogP contribution is 2.28. The van der Waals surface area contributed by atoms with Crippen molar-refractivity contribution >= 4 is 11.7 Å².